The first-order valence-corrected chi connectivity index (χ1v) is 25.1. The molecule has 1 aromatic heterocycles. The number of anilines is 2. The van der Waals surface area contributed by atoms with Crippen LogP contribution in [0.2, 0.25) is 0 Å². The first-order valence-electron chi connectivity index (χ1n) is 25.1. The van der Waals surface area contributed by atoms with E-state index in [0.29, 0.717) is 0 Å². The van der Waals surface area contributed by atoms with E-state index in [9.17, 15) is 0 Å². The third kappa shape index (κ3) is 6.92. The van der Waals surface area contributed by atoms with Crippen LogP contribution in [0.15, 0.2) is 249 Å². The van der Waals surface area contributed by atoms with Crippen molar-refractivity contribution in [2.45, 2.75) is 49.0 Å². The number of rotatable bonds is 9. The predicted octanol–water partition coefficient (Wildman–Crippen LogP) is 15.4. The lowest BCUT2D eigenvalue weighted by Gasteiger charge is -2.39. The lowest BCUT2D eigenvalue weighted by atomic mass is 9.74. The highest BCUT2D eigenvalue weighted by Crippen LogP contribution is 2.53. The van der Waals surface area contributed by atoms with Crippen molar-refractivity contribution >= 4 is 34.4 Å². The second kappa shape index (κ2) is 17.4. The molecule has 5 unspecified atom stereocenters. The Kier molecular flexibility index (Phi) is 10.4. The number of aromatic nitrogens is 1. The summed E-state index contributed by atoms with van der Waals surface area (Å²) < 4.78 is 2.48. The highest BCUT2D eigenvalue weighted by Gasteiger charge is 2.41. The Balaban J connectivity index is 0.957. The van der Waals surface area contributed by atoms with Crippen LogP contribution in [0.1, 0.15) is 70.9 Å². The fraction of sp³-hybridized carbons (Fsp3) is 0.118. The zero-order valence-electron chi connectivity index (χ0n) is 39.4. The molecule has 8 aromatic carbocycles. The van der Waals surface area contributed by atoms with Crippen molar-refractivity contribution in [1.82, 2.24) is 4.57 Å². The first kappa shape index (κ1) is 41.9. The SMILES string of the molecule is CC1(c2ccccc2)c2ccccc2-c2ccc(-c3ccc(N(c4ccc5c6c(n(-c7ccccc7)c5c4)=CCCC=6)C4C=CC=CC4c4ccccc4C4C=CC=CC4c4ccccc4)cc3)cc21. The van der Waals surface area contributed by atoms with E-state index in [0.717, 1.165) is 24.2 Å². The van der Waals surface area contributed by atoms with Crippen LogP contribution in [-0.2, 0) is 5.41 Å². The van der Waals surface area contributed by atoms with Gasteiger partial charge in [0.2, 0.25) is 0 Å². The zero-order valence-corrected chi connectivity index (χ0v) is 39.4. The molecule has 0 saturated carbocycles. The highest BCUT2D eigenvalue weighted by atomic mass is 15.2. The van der Waals surface area contributed by atoms with Crippen molar-refractivity contribution in [3.63, 3.8) is 0 Å². The number of allylic oxidation sites excluding steroid dienone is 6. The van der Waals surface area contributed by atoms with Crippen molar-refractivity contribution in [3.8, 4) is 27.9 Å². The first-order chi connectivity index (χ1) is 34.6. The van der Waals surface area contributed by atoms with Gasteiger partial charge in [0.1, 0.15) is 0 Å². The molecule has 0 radical (unpaired) electrons. The van der Waals surface area contributed by atoms with Gasteiger partial charge >= 0.3 is 0 Å². The molecule has 2 nitrogen and oxygen atoms in total. The minimum absolute atomic E-state index is 0.0225. The Labute approximate surface area is 411 Å². The van der Waals surface area contributed by atoms with E-state index in [1.54, 1.807) is 0 Å². The summed E-state index contributed by atoms with van der Waals surface area (Å²) in [5.41, 5.74) is 17.6. The largest absolute Gasteiger partial charge is 0.334 e. The van der Waals surface area contributed by atoms with E-state index in [1.807, 2.05) is 0 Å². The smallest absolute Gasteiger partial charge is 0.0628 e. The molecule has 13 rings (SSSR count). The summed E-state index contributed by atoms with van der Waals surface area (Å²) in [6, 6.07) is 74.8. The standard InChI is InChI=1S/C68H54N2/c1-68(50-23-7-3-8-24-50)63-34-18-15-31-58(63)59-43-39-49(45-64(59)68)47-37-40-52(41-38-47)69(53-42-44-62-61-33-17-20-36-66(61)70(67(62)46-53)51-25-9-4-10-26-51)65-35-19-16-32-60(65)57-30-14-13-29-56(57)55-28-12-11-27-54(55)48-21-5-2-6-22-48/h2-16,18-19,21-46,54-55,60,65H,17,20H2,1H3. The molecule has 5 atom stereocenters. The monoisotopic (exact) mass is 898 g/mol. The van der Waals surface area contributed by atoms with E-state index in [4.69, 9.17) is 0 Å². The summed E-state index contributed by atoms with van der Waals surface area (Å²) >= 11 is 0. The summed E-state index contributed by atoms with van der Waals surface area (Å²) in [6.45, 7) is 2.40. The molecule has 4 aliphatic carbocycles. The van der Waals surface area contributed by atoms with Gasteiger partial charge in [0.25, 0.3) is 0 Å². The normalized spacial score (nSPS) is 20.6. The second-order valence-corrected chi connectivity index (χ2v) is 19.5. The summed E-state index contributed by atoms with van der Waals surface area (Å²) in [6.07, 6.45) is 25.6. The summed E-state index contributed by atoms with van der Waals surface area (Å²) in [5.74, 6) is 0.505. The number of hydrogen-bond donors (Lipinski definition) is 0. The third-order valence-corrected chi connectivity index (χ3v) is 15.8. The Morgan fingerprint density at radius 2 is 1.07 bits per heavy atom. The average molecular weight is 899 g/mol. The maximum atomic E-state index is 2.61. The number of fused-ring (bicyclic) bond motifs is 6. The van der Waals surface area contributed by atoms with Crippen LogP contribution in [0.3, 0.4) is 0 Å². The molecular formula is C68H54N2. The molecule has 0 aliphatic heterocycles. The Morgan fingerprint density at radius 3 is 1.86 bits per heavy atom. The van der Waals surface area contributed by atoms with E-state index < -0.39 is 0 Å². The van der Waals surface area contributed by atoms with Crippen molar-refractivity contribution < 1.29 is 0 Å². The van der Waals surface area contributed by atoms with Gasteiger partial charge in [0.15, 0.2) is 0 Å². The average Bonchev–Trinajstić information content (AvgIpc) is 3.91. The predicted molar refractivity (Wildman–Crippen MR) is 294 cm³/mol. The molecule has 0 spiro atoms. The Bertz CT molecular complexity index is 3680. The molecule has 2 heteroatoms. The zero-order chi connectivity index (χ0) is 46.6. The van der Waals surface area contributed by atoms with E-state index in [-0.39, 0.29) is 29.2 Å². The third-order valence-electron chi connectivity index (χ3n) is 15.8. The van der Waals surface area contributed by atoms with Gasteiger partial charge in [0, 0.05) is 56.2 Å². The minimum Gasteiger partial charge on any atom is -0.334 e. The van der Waals surface area contributed by atoms with E-state index >= 15 is 0 Å². The van der Waals surface area contributed by atoms with Crippen LogP contribution >= 0.6 is 0 Å². The van der Waals surface area contributed by atoms with Gasteiger partial charge in [0.05, 0.1) is 11.6 Å². The van der Waals surface area contributed by atoms with Gasteiger partial charge in [-0.05, 0) is 118 Å². The molecule has 0 N–H and O–H groups in total. The topological polar surface area (TPSA) is 8.17 Å². The maximum Gasteiger partial charge on any atom is 0.0628 e. The highest BCUT2D eigenvalue weighted by molar-refractivity contribution is 5.90. The molecule has 1 heterocycles. The lowest BCUT2D eigenvalue weighted by molar-refractivity contribution is 0.661. The maximum absolute atomic E-state index is 2.61. The van der Waals surface area contributed by atoms with Crippen LogP contribution < -0.4 is 15.5 Å². The van der Waals surface area contributed by atoms with Crippen LogP contribution in [-0.4, -0.2) is 10.6 Å². The molecule has 0 bridgehead atoms. The van der Waals surface area contributed by atoms with Crippen molar-refractivity contribution in [1.29, 1.82) is 0 Å². The molecule has 336 valence electrons. The van der Waals surface area contributed by atoms with Crippen LogP contribution in [0.4, 0.5) is 11.4 Å². The van der Waals surface area contributed by atoms with Gasteiger partial charge in [-0.2, -0.15) is 0 Å². The second-order valence-electron chi connectivity index (χ2n) is 19.5. The van der Waals surface area contributed by atoms with Crippen LogP contribution in [0.5, 0.6) is 0 Å². The van der Waals surface area contributed by atoms with Gasteiger partial charge in [-0.1, -0.05) is 218 Å². The van der Waals surface area contributed by atoms with Crippen LogP contribution in [0.25, 0.3) is 51.0 Å². The van der Waals surface area contributed by atoms with Gasteiger partial charge in [-0.3, -0.25) is 0 Å². The molecule has 0 fully saturated rings. The molecule has 9 aromatic rings. The van der Waals surface area contributed by atoms with Crippen molar-refractivity contribution in [2.75, 3.05) is 4.90 Å². The molecule has 70 heavy (non-hydrogen) atoms. The van der Waals surface area contributed by atoms with Gasteiger partial charge < -0.3 is 9.47 Å². The number of nitrogens with zero attached hydrogens (tertiary/aromatic N) is 2. The molecule has 4 aliphatic rings. The van der Waals surface area contributed by atoms with E-state index in [2.05, 4.69) is 277 Å². The van der Waals surface area contributed by atoms with Gasteiger partial charge in [-0.15, -0.1) is 0 Å². The Morgan fingerprint density at radius 1 is 0.471 bits per heavy atom. The van der Waals surface area contributed by atoms with Crippen LogP contribution in [0, 0.1) is 0 Å². The molecule has 0 amide bonds. The Hall–Kier alpha value is -8.20. The summed E-state index contributed by atoms with van der Waals surface area (Å²) in [7, 11) is 0. The van der Waals surface area contributed by atoms with Crippen molar-refractivity contribution in [2.24, 2.45) is 0 Å². The van der Waals surface area contributed by atoms with Gasteiger partial charge in [-0.25, -0.2) is 0 Å². The number of para-hydroxylation sites is 1. The minimum atomic E-state index is -0.262. The number of hydrogen-bond acceptors (Lipinski definition) is 1. The molecular weight excluding hydrogens is 845 g/mol. The fourth-order valence-electron chi connectivity index (χ4n) is 12.4. The molecule has 0 saturated heterocycles. The quantitative estimate of drug-likeness (QED) is 0.140. The fourth-order valence-corrected chi connectivity index (χ4v) is 12.4. The number of benzene rings is 8. The van der Waals surface area contributed by atoms with Crippen molar-refractivity contribution in [3.05, 3.63) is 293 Å². The summed E-state index contributed by atoms with van der Waals surface area (Å²) in [5, 5.41) is 3.92. The van der Waals surface area contributed by atoms with E-state index in [1.165, 1.54) is 82.8 Å². The summed E-state index contributed by atoms with van der Waals surface area (Å²) in [4.78, 5) is 2.61. The lowest BCUT2D eigenvalue weighted by Crippen LogP contribution is -2.36.